The molecule has 1 aromatic carbocycles. The molecule has 2 fully saturated rings. The number of hydrogen-bond acceptors (Lipinski definition) is 10. The first-order valence-corrected chi connectivity index (χ1v) is 11.3. The van der Waals surface area contributed by atoms with E-state index in [9.17, 15) is 19.7 Å². The Hall–Kier alpha value is -2.38. The number of thioether (sulfide) groups is 1. The normalized spacial score (nSPS) is 48.2. The molecule has 0 saturated heterocycles. The van der Waals surface area contributed by atoms with Crippen molar-refractivity contribution < 1.29 is 43.6 Å². The highest BCUT2D eigenvalue weighted by atomic mass is 32.2. The van der Waals surface area contributed by atoms with Crippen LogP contribution in [0.1, 0.15) is 68.3 Å². The molecular weight excluding hydrogens is 487 g/mol. The molecule has 10 nitrogen and oxygen atoms in total. The Balaban J connectivity index is 1.73. The number of aryl methyl sites for hydroxylation is 1. The van der Waals surface area contributed by atoms with Gasteiger partial charge in [-0.1, -0.05) is 36.0 Å². The fourth-order valence-electron chi connectivity index (χ4n) is 3.40. The molecule has 2 aliphatic carbocycles. The van der Waals surface area contributed by atoms with Crippen molar-refractivity contribution in [1.82, 2.24) is 25.0 Å². The molecular formula is C24H31FN6O4S. The van der Waals surface area contributed by atoms with E-state index < -0.39 is 95.7 Å². The van der Waals surface area contributed by atoms with Crippen LogP contribution in [-0.4, -0.2) is 83.4 Å². The zero-order chi connectivity index (χ0) is 38.1. The Morgan fingerprint density at radius 1 is 1.36 bits per heavy atom. The van der Waals surface area contributed by atoms with Crippen LogP contribution >= 0.6 is 11.8 Å². The molecule has 12 heteroatoms. The van der Waals surface area contributed by atoms with Crippen LogP contribution in [0.5, 0.6) is 0 Å². The van der Waals surface area contributed by atoms with E-state index in [4.69, 9.17) is 19.2 Å². The van der Waals surface area contributed by atoms with Gasteiger partial charge in [0.15, 0.2) is 22.1 Å². The summed E-state index contributed by atoms with van der Waals surface area (Å²) in [6, 6.07) is -1.99. The van der Waals surface area contributed by atoms with E-state index in [1.807, 2.05) is 0 Å². The molecule has 2 aromatic heterocycles. The van der Waals surface area contributed by atoms with Crippen LogP contribution in [0.3, 0.4) is 0 Å². The number of ether oxygens (including phenoxy) is 1. The number of aliphatic hydroxyl groups excluding tert-OH is 1. The first-order valence-electron chi connectivity index (χ1n) is 17.5. The highest BCUT2D eigenvalue weighted by Gasteiger charge is 2.45. The minimum absolute atomic E-state index is 0.0445. The maximum atomic E-state index is 14.4. The first-order chi connectivity index (χ1) is 22.4. The van der Waals surface area contributed by atoms with Crippen molar-refractivity contribution in [2.75, 3.05) is 24.2 Å². The molecule has 36 heavy (non-hydrogen) atoms. The number of aliphatic hydroxyl groups is 3. The summed E-state index contributed by atoms with van der Waals surface area (Å²) in [6.45, 7) is -2.51. The number of nitrogens with one attached hydrogen (secondary N) is 1. The van der Waals surface area contributed by atoms with Crippen LogP contribution in [0, 0.1) is 12.7 Å². The van der Waals surface area contributed by atoms with Gasteiger partial charge in [-0.2, -0.15) is 0 Å². The maximum absolute atomic E-state index is 14.4. The molecule has 0 bridgehead atoms. The number of rotatable bonds is 10. The molecule has 2 aliphatic rings. The Labute approximate surface area is 232 Å². The number of hydrogen-bond donors (Lipinski definition) is 4. The largest absolute Gasteiger partial charge is 0.394 e. The average Bonchev–Trinajstić information content (AvgIpc) is 3.26. The molecule has 2 saturated carbocycles. The third-order valence-corrected chi connectivity index (χ3v) is 5.92. The zero-order valence-corrected chi connectivity index (χ0v) is 19.7. The Morgan fingerprint density at radius 3 is 2.94 bits per heavy atom. The van der Waals surface area contributed by atoms with E-state index in [2.05, 4.69) is 30.3 Å². The first kappa shape index (κ1) is 13.4. The van der Waals surface area contributed by atoms with Crippen LogP contribution in [0.25, 0.3) is 11.2 Å². The quantitative estimate of drug-likeness (QED) is 0.227. The maximum Gasteiger partial charge on any atom is 0.191 e. The van der Waals surface area contributed by atoms with E-state index in [1.165, 1.54) is 19.1 Å². The molecule has 0 amide bonds. The zero-order valence-electron chi connectivity index (χ0n) is 32.9. The number of nitrogens with zero attached hydrogens (tertiary/aromatic N) is 5. The predicted octanol–water partition coefficient (Wildman–Crippen LogP) is 2.18. The van der Waals surface area contributed by atoms with E-state index in [1.54, 1.807) is 0 Å². The topological polar surface area (TPSA) is 138 Å². The molecule has 0 aliphatic heterocycles. The molecule has 3 aromatic rings. The van der Waals surface area contributed by atoms with Gasteiger partial charge < -0.3 is 25.4 Å². The van der Waals surface area contributed by atoms with Crippen molar-refractivity contribution in [3.63, 3.8) is 0 Å². The van der Waals surface area contributed by atoms with Gasteiger partial charge >= 0.3 is 0 Å². The van der Waals surface area contributed by atoms with Gasteiger partial charge in [-0.05, 0) is 36.9 Å². The number of fused-ring (bicyclic) bond motifs is 1. The molecule has 2 heterocycles. The van der Waals surface area contributed by atoms with E-state index in [-0.39, 0.29) is 34.0 Å². The number of halogens is 1. The molecule has 5 rings (SSSR count). The van der Waals surface area contributed by atoms with Crippen molar-refractivity contribution in [3.05, 3.63) is 35.1 Å². The molecule has 0 unspecified atom stereocenters. The third kappa shape index (κ3) is 4.92. The molecule has 194 valence electrons. The third-order valence-electron chi connectivity index (χ3n) is 5.25. The van der Waals surface area contributed by atoms with Crippen LogP contribution in [0.4, 0.5) is 10.2 Å². The van der Waals surface area contributed by atoms with Crippen molar-refractivity contribution >= 4 is 28.7 Å². The monoisotopic (exact) mass is 532 g/mol. The number of anilines is 1. The predicted molar refractivity (Wildman–Crippen MR) is 133 cm³/mol. The molecule has 0 spiro atoms. The van der Waals surface area contributed by atoms with E-state index in [0.29, 0.717) is 0 Å². The van der Waals surface area contributed by atoms with E-state index >= 15 is 0 Å². The summed E-state index contributed by atoms with van der Waals surface area (Å²) >= 11 is 0.0715. The van der Waals surface area contributed by atoms with Gasteiger partial charge in [-0.3, -0.25) is 0 Å². The standard InChI is InChI=1S/C24H31FN6O4S/c1-3-8-36-24-27-22(26-16-10-14(16)13-5-4-12(2)15(25)9-13)19-23(28-24)31(30-29-19)17-11-18(35-7-6-32)21(34)20(17)33/h4-5,9,14,16-18,20-21,32-34H,3,6-8,10-11H2,1-2H3,(H,26,27,28)/t14-,16+,17+,18-,20-,21+/m0/s1/i3D2,7D2,8D2,11D2,14D,16D,17D,18D,20D,21D. The number of aromatic nitrogens is 5. The van der Waals surface area contributed by atoms with Crippen molar-refractivity contribution in [3.8, 4) is 0 Å². The summed E-state index contributed by atoms with van der Waals surface area (Å²) in [5.41, 5.74) is -3.86. The highest BCUT2D eigenvalue weighted by molar-refractivity contribution is 7.99. The summed E-state index contributed by atoms with van der Waals surface area (Å²) in [6.07, 6.45) is -19.3. The summed E-state index contributed by atoms with van der Waals surface area (Å²) in [5, 5.41) is 40.9. The van der Waals surface area contributed by atoms with Crippen LogP contribution in [0.15, 0.2) is 23.4 Å². The molecule has 4 N–H and O–H groups in total. The lowest BCUT2D eigenvalue weighted by Gasteiger charge is -2.17. The lowest BCUT2D eigenvalue weighted by atomic mass is 10.1. The van der Waals surface area contributed by atoms with E-state index in [0.717, 1.165) is 13.0 Å². The van der Waals surface area contributed by atoms with Gasteiger partial charge in [0.25, 0.3) is 0 Å². The Morgan fingerprint density at radius 2 is 2.19 bits per heavy atom. The lowest BCUT2D eigenvalue weighted by molar-refractivity contribution is -0.0629. The van der Waals surface area contributed by atoms with Gasteiger partial charge in [0, 0.05) is 33.6 Å². The second kappa shape index (κ2) is 10.5. The Kier molecular flexibility index (Phi) is 3.93. The Bertz CT molecular complexity index is 1870. The van der Waals surface area contributed by atoms with Crippen LogP contribution in [-0.2, 0) is 4.74 Å². The molecule has 0 radical (unpaired) electrons. The van der Waals surface area contributed by atoms with Crippen molar-refractivity contribution in [2.24, 2.45) is 0 Å². The smallest absolute Gasteiger partial charge is 0.191 e. The number of benzene rings is 1. The fraction of sp³-hybridized carbons (Fsp3) is 0.583. The minimum Gasteiger partial charge on any atom is -0.394 e. The SMILES string of the molecule is [2H]C([2H])(CO)O[C@@]1([2H])C([2H])([2H])[C@@]([2H])(n2nnc3c(N[C@]4([2H])C[C@@]4([2H])c4ccc(C)c(F)c4)nc(SC([2H])([2H])C([2H])([2H])C)nc32)[C@]([2H])(O)[C@]1([2H])O. The van der Waals surface area contributed by atoms with Gasteiger partial charge in [0.05, 0.1) is 34.9 Å². The summed E-state index contributed by atoms with van der Waals surface area (Å²) in [7, 11) is 0. The van der Waals surface area contributed by atoms with Gasteiger partial charge in [0.1, 0.15) is 18.0 Å². The second-order valence-corrected chi connectivity index (χ2v) is 8.38. The summed E-state index contributed by atoms with van der Waals surface area (Å²) < 4.78 is 137. The van der Waals surface area contributed by atoms with Gasteiger partial charge in [-0.25, -0.2) is 19.0 Å². The highest BCUT2D eigenvalue weighted by Crippen LogP contribution is 2.44. The van der Waals surface area contributed by atoms with Crippen molar-refractivity contribution in [2.45, 2.75) is 74.3 Å². The summed E-state index contributed by atoms with van der Waals surface area (Å²) in [5.74, 6) is -2.99. The lowest BCUT2D eigenvalue weighted by Crippen LogP contribution is -2.33. The molecule has 6 atom stereocenters. The van der Waals surface area contributed by atoms with Crippen LogP contribution in [0.2, 0.25) is 0 Å². The average molecular weight is 533 g/mol. The van der Waals surface area contributed by atoms with Gasteiger partial charge in [-0.15, -0.1) is 5.10 Å². The fourth-order valence-corrected chi connectivity index (χ4v) is 3.87. The van der Waals surface area contributed by atoms with Crippen molar-refractivity contribution in [1.29, 1.82) is 0 Å². The minimum atomic E-state index is -4.22. The summed E-state index contributed by atoms with van der Waals surface area (Å²) in [4.78, 5) is 8.13. The van der Waals surface area contributed by atoms with Crippen LogP contribution < -0.4 is 5.32 Å². The second-order valence-electron chi connectivity index (χ2n) is 7.61. The van der Waals surface area contributed by atoms with Gasteiger partial charge in [0.2, 0.25) is 0 Å².